The van der Waals surface area contributed by atoms with Gasteiger partial charge in [-0.2, -0.15) is 0 Å². The van der Waals surface area contributed by atoms with E-state index in [9.17, 15) is 9.59 Å². The van der Waals surface area contributed by atoms with Gasteiger partial charge in [0.15, 0.2) is 5.76 Å². The molecule has 0 spiro atoms. The number of carbonyl (C=O) groups is 2. The number of anilines is 1. The summed E-state index contributed by atoms with van der Waals surface area (Å²) >= 11 is 1.25. The Hall–Kier alpha value is -2.16. The van der Waals surface area contributed by atoms with E-state index in [1.165, 1.54) is 17.6 Å². The number of nitrogens with zero attached hydrogens (tertiary/aromatic N) is 2. The maximum atomic E-state index is 12.4. The number of nitrogens with one attached hydrogen (secondary N) is 2. The molecule has 2 aromatic heterocycles. The van der Waals surface area contributed by atoms with E-state index in [0.717, 1.165) is 32.7 Å². The van der Waals surface area contributed by atoms with Crippen molar-refractivity contribution < 1.29 is 14.0 Å². The lowest BCUT2D eigenvalue weighted by atomic mass is 10.1. The van der Waals surface area contributed by atoms with Crippen LogP contribution < -0.4 is 10.6 Å². The lowest BCUT2D eigenvalue weighted by molar-refractivity contribution is 0.0940. The van der Waals surface area contributed by atoms with Gasteiger partial charge in [0.05, 0.1) is 16.1 Å². The highest BCUT2D eigenvalue weighted by Gasteiger charge is 2.17. The zero-order chi connectivity index (χ0) is 19.2. The van der Waals surface area contributed by atoms with Gasteiger partial charge in [-0.3, -0.25) is 9.59 Å². The van der Waals surface area contributed by atoms with Gasteiger partial charge in [0.1, 0.15) is 0 Å². The van der Waals surface area contributed by atoms with Crippen molar-refractivity contribution in [3.8, 4) is 0 Å². The third-order valence-electron chi connectivity index (χ3n) is 4.59. The molecule has 0 aliphatic carbocycles. The number of hydrogen-bond acceptors (Lipinski definition) is 6. The summed E-state index contributed by atoms with van der Waals surface area (Å²) in [6.07, 6.45) is 1.45. The molecule has 0 radical (unpaired) electrons. The van der Waals surface area contributed by atoms with Gasteiger partial charge < -0.3 is 24.9 Å². The van der Waals surface area contributed by atoms with Gasteiger partial charge in [-0.1, -0.05) is 6.92 Å². The van der Waals surface area contributed by atoms with Crippen molar-refractivity contribution in [2.75, 3.05) is 51.6 Å². The summed E-state index contributed by atoms with van der Waals surface area (Å²) in [5.74, 6) is 0.195. The van der Waals surface area contributed by atoms with Crippen molar-refractivity contribution >= 4 is 28.2 Å². The van der Waals surface area contributed by atoms with Crippen LogP contribution >= 0.6 is 11.3 Å². The van der Waals surface area contributed by atoms with E-state index in [4.69, 9.17) is 4.42 Å². The molecular weight excluding hydrogens is 364 g/mol. The van der Waals surface area contributed by atoms with E-state index in [0.29, 0.717) is 22.3 Å². The Balaban J connectivity index is 1.43. The molecule has 2 aromatic rings. The van der Waals surface area contributed by atoms with Crippen LogP contribution in [0.3, 0.4) is 0 Å². The zero-order valence-corrected chi connectivity index (χ0v) is 16.6. The molecule has 1 aliphatic heterocycles. The van der Waals surface area contributed by atoms with E-state index in [2.05, 4.69) is 34.4 Å². The van der Waals surface area contributed by atoms with Crippen LogP contribution in [0.1, 0.15) is 27.2 Å². The summed E-state index contributed by atoms with van der Waals surface area (Å²) in [5.41, 5.74) is 0. The minimum atomic E-state index is -0.324. The van der Waals surface area contributed by atoms with E-state index in [1.807, 2.05) is 0 Å². The van der Waals surface area contributed by atoms with Gasteiger partial charge in [0.2, 0.25) is 0 Å². The summed E-state index contributed by atoms with van der Waals surface area (Å²) in [6, 6.07) is 6.71. The smallest absolute Gasteiger partial charge is 0.291 e. The quantitative estimate of drug-likeness (QED) is 0.758. The molecule has 1 unspecified atom stereocenters. The van der Waals surface area contributed by atoms with Crippen molar-refractivity contribution in [2.24, 2.45) is 5.92 Å². The van der Waals surface area contributed by atoms with E-state index in [-0.39, 0.29) is 17.6 Å². The Labute approximate surface area is 163 Å². The van der Waals surface area contributed by atoms with Crippen molar-refractivity contribution in [3.05, 3.63) is 41.2 Å². The van der Waals surface area contributed by atoms with Gasteiger partial charge in [0.25, 0.3) is 11.8 Å². The molecule has 2 amide bonds. The molecule has 7 nitrogen and oxygen atoms in total. The van der Waals surface area contributed by atoms with Crippen LogP contribution in [0.25, 0.3) is 0 Å². The highest BCUT2D eigenvalue weighted by molar-refractivity contribution is 7.18. The molecule has 27 heavy (non-hydrogen) atoms. The zero-order valence-electron chi connectivity index (χ0n) is 15.7. The monoisotopic (exact) mass is 390 g/mol. The summed E-state index contributed by atoms with van der Waals surface area (Å²) in [6.45, 7) is 8.14. The Morgan fingerprint density at radius 1 is 1.19 bits per heavy atom. The normalized spacial score (nSPS) is 16.8. The van der Waals surface area contributed by atoms with E-state index in [1.54, 1.807) is 24.3 Å². The first-order chi connectivity index (χ1) is 13.0. The second-order valence-corrected chi connectivity index (χ2v) is 8.10. The van der Waals surface area contributed by atoms with Gasteiger partial charge in [-0.05, 0) is 37.2 Å². The molecule has 3 heterocycles. The summed E-state index contributed by atoms with van der Waals surface area (Å²) < 4.78 is 5.06. The first-order valence-electron chi connectivity index (χ1n) is 9.15. The van der Waals surface area contributed by atoms with E-state index >= 15 is 0 Å². The van der Waals surface area contributed by atoms with Crippen molar-refractivity contribution in [1.82, 2.24) is 15.1 Å². The van der Waals surface area contributed by atoms with Crippen LogP contribution in [-0.2, 0) is 0 Å². The molecule has 8 heteroatoms. The number of carbonyl (C=O) groups excluding carboxylic acids is 2. The molecule has 146 valence electrons. The Bertz CT molecular complexity index is 751. The fourth-order valence-electron chi connectivity index (χ4n) is 3.00. The largest absolute Gasteiger partial charge is 0.459 e. The highest BCUT2D eigenvalue weighted by atomic mass is 32.1. The first kappa shape index (κ1) is 19.6. The third kappa shape index (κ3) is 5.66. The molecule has 0 bridgehead atoms. The van der Waals surface area contributed by atoms with Gasteiger partial charge in [0, 0.05) is 39.3 Å². The predicted octanol–water partition coefficient (Wildman–Crippen LogP) is 2.21. The molecule has 2 N–H and O–H groups in total. The van der Waals surface area contributed by atoms with Crippen molar-refractivity contribution in [3.63, 3.8) is 0 Å². The molecule has 1 saturated heterocycles. The first-order valence-corrected chi connectivity index (χ1v) is 9.96. The average Bonchev–Trinajstić information content (AvgIpc) is 3.33. The van der Waals surface area contributed by atoms with Crippen LogP contribution in [0, 0.1) is 5.92 Å². The van der Waals surface area contributed by atoms with Gasteiger partial charge in [-0.15, -0.1) is 11.3 Å². The number of piperazine rings is 1. The van der Waals surface area contributed by atoms with Crippen molar-refractivity contribution in [1.29, 1.82) is 0 Å². The number of thiophene rings is 1. The second kappa shape index (κ2) is 9.16. The third-order valence-corrected chi connectivity index (χ3v) is 5.59. The summed E-state index contributed by atoms with van der Waals surface area (Å²) in [4.78, 5) is 29.7. The molecular formula is C19H26N4O3S. The van der Waals surface area contributed by atoms with Crippen LogP contribution in [0.15, 0.2) is 34.9 Å². The van der Waals surface area contributed by atoms with Crippen LogP contribution in [0.2, 0.25) is 0 Å². The second-order valence-electron chi connectivity index (χ2n) is 7.01. The van der Waals surface area contributed by atoms with Crippen molar-refractivity contribution in [2.45, 2.75) is 6.92 Å². The summed E-state index contributed by atoms with van der Waals surface area (Å²) in [5, 5.41) is 6.35. The Kier molecular flexibility index (Phi) is 6.65. The SMILES string of the molecule is CC(CNC(=O)c1ccc(NC(=O)c2ccco2)s1)CN1CCN(C)CC1. The Morgan fingerprint density at radius 3 is 2.67 bits per heavy atom. The standard InChI is InChI=1S/C19H26N4O3S/c1-14(13-23-9-7-22(2)8-10-23)12-20-19(25)16-5-6-17(27-16)21-18(24)15-4-3-11-26-15/h3-6,11,14H,7-10,12-13H2,1-2H3,(H,20,25)(H,21,24). The topological polar surface area (TPSA) is 77.8 Å². The minimum Gasteiger partial charge on any atom is -0.459 e. The van der Waals surface area contributed by atoms with Gasteiger partial charge in [-0.25, -0.2) is 0 Å². The number of rotatable bonds is 7. The maximum absolute atomic E-state index is 12.4. The highest BCUT2D eigenvalue weighted by Crippen LogP contribution is 2.22. The molecule has 1 fully saturated rings. The molecule has 0 aromatic carbocycles. The number of amides is 2. The number of hydrogen-bond donors (Lipinski definition) is 2. The maximum Gasteiger partial charge on any atom is 0.291 e. The van der Waals surface area contributed by atoms with E-state index < -0.39 is 0 Å². The Morgan fingerprint density at radius 2 is 1.96 bits per heavy atom. The van der Waals surface area contributed by atoms with Crippen LogP contribution in [0.5, 0.6) is 0 Å². The number of likely N-dealkylation sites (N-methyl/N-ethyl adjacent to an activating group) is 1. The fraction of sp³-hybridized carbons (Fsp3) is 0.474. The molecule has 0 saturated carbocycles. The van der Waals surface area contributed by atoms with Crippen LogP contribution in [-0.4, -0.2) is 67.9 Å². The number of furan rings is 1. The molecule has 3 rings (SSSR count). The fourth-order valence-corrected chi connectivity index (χ4v) is 3.82. The average molecular weight is 391 g/mol. The molecule has 1 aliphatic rings. The van der Waals surface area contributed by atoms with Crippen LogP contribution in [0.4, 0.5) is 5.00 Å². The lowest BCUT2D eigenvalue weighted by Gasteiger charge is -2.33. The lowest BCUT2D eigenvalue weighted by Crippen LogP contribution is -2.46. The summed E-state index contributed by atoms with van der Waals surface area (Å²) in [7, 11) is 2.15. The predicted molar refractivity (Wildman–Crippen MR) is 106 cm³/mol. The molecule has 1 atom stereocenters. The van der Waals surface area contributed by atoms with Gasteiger partial charge >= 0.3 is 0 Å². The minimum absolute atomic E-state index is 0.108.